The van der Waals surface area contributed by atoms with Crippen molar-refractivity contribution in [3.05, 3.63) is 17.7 Å². The van der Waals surface area contributed by atoms with Gasteiger partial charge in [-0.25, -0.2) is 4.79 Å². The van der Waals surface area contributed by atoms with Gasteiger partial charge in [0, 0.05) is 6.04 Å². The van der Waals surface area contributed by atoms with Crippen molar-refractivity contribution < 1.29 is 28.5 Å². The summed E-state index contributed by atoms with van der Waals surface area (Å²) in [5.41, 5.74) is 0.252. The predicted molar refractivity (Wildman–Crippen MR) is 110 cm³/mol. The van der Waals surface area contributed by atoms with E-state index in [-0.39, 0.29) is 24.1 Å². The number of hydrogen-bond donors (Lipinski definition) is 1. The Balaban J connectivity index is 2.03. The summed E-state index contributed by atoms with van der Waals surface area (Å²) < 4.78 is 22.1. The number of amides is 1. The molecule has 0 aromatic heterocycles. The summed E-state index contributed by atoms with van der Waals surface area (Å²) in [5.74, 6) is 0.404. The van der Waals surface area contributed by atoms with Crippen LogP contribution in [0, 0.1) is 0 Å². The summed E-state index contributed by atoms with van der Waals surface area (Å²) in [6, 6.07) is 3.29. The zero-order chi connectivity index (χ0) is 21.1. The second-order valence-corrected chi connectivity index (χ2v) is 6.93. The van der Waals surface area contributed by atoms with E-state index in [4.69, 9.17) is 18.9 Å². The monoisotopic (exact) mass is 407 g/mol. The highest BCUT2D eigenvalue weighted by atomic mass is 16.5. The molecule has 0 radical (unpaired) electrons. The number of carbonyl (C=O) groups excluding carboxylic acids is 2. The van der Waals surface area contributed by atoms with Crippen LogP contribution in [0.2, 0.25) is 0 Å². The minimum Gasteiger partial charge on any atom is -0.490 e. The number of hydrogen-bond acceptors (Lipinski definition) is 6. The molecule has 2 rings (SSSR count). The van der Waals surface area contributed by atoms with Gasteiger partial charge in [-0.3, -0.25) is 4.79 Å². The van der Waals surface area contributed by atoms with Crippen LogP contribution in [0.15, 0.2) is 12.1 Å². The van der Waals surface area contributed by atoms with Gasteiger partial charge in [0.1, 0.15) is 0 Å². The average molecular weight is 408 g/mol. The van der Waals surface area contributed by atoms with Crippen molar-refractivity contribution in [1.29, 1.82) is 0 Å². The molecule has 1 aliphatic rings. The number of nitrogens with one attached hydrogen (secondary N) is 1. The Hall–Kier alpha value is -2.44. The zero-order valence-electron chi connectivity index (χ0n) is 17.8. The molecular formula is C22H33NO6. The fourth-order valence-corrected chi connectivity index (χ4v) is 3.41. The first-order valence-corrected chi connectivity index (χ1v) is 10.6. The summed E-state index contributed by atoms with van der Waals surface area (Å²) in [6.45, 7) is 6.50. The largest absolute Gasteiger partial charge is 0.490 e. The van der Waals surface area contributed by atoms with E-state index in [2.05, 4.69) is 5.32 Å². The molecule has 7 heteroatoms. The van der Waals surface area contributed by atoms with Crippen molar-refractivity contribution in [2.24, 2.45) is 0 Å². The van der Waals surface area contributed by atoms with Crippen molar-refractivity contribution in [1.82, 2.24) is 5.32 Å². The minimum absolute atomic E-state index is 0.170. The summed E-state index contributed by atoms with van der Waals surface area (Å²) in [6.07, 6.45) is 6.63. The quantitative estimate of drug-likeness (QED) is 0.468. The van der Waals surface area contributed by atoms with Crippen LogP contribution >= 0.6 is 0 Å². The summed E-state index contributed by atoms with van der Waals surface area (Å²) in [7, 11) is 0. The predicted octanol–water partition coefficient (Wildman–Crippen LogP) is 3.88. The molecular weight excluding hydrogens is 374 g/mol. The van der Waals surface area contributed by atoms with Crippen molar-refractivity contribution in [3.8, 4) is 17.2 Å². The van der Waals surface area contributed by atoms with Crippen molar-refractivity contribution in [2.75, 3.05) is 26.4 Å². The highest BCUT2D eigenvalue weighted by molar-refractivity contribution is 5.92. The van der Waals surface area contributed by atoms with Gasteiger partial charge >= 0.3 is 5.97 Å². The van der Waals surface area contributed by atoms with Crippen LogP contribution < -0.4 is 19.5 Å². The van der Waals surface area contributed by atoms with E-state index in [1.807, 2.05) is 20.8 Å². The standard InChI is InChI=1S/C22H33NO6/c1-4-26-18-13-16(14-19(27-5-2)21(18)28-6-3)22(25)29-15-20(24)23-17-11-9-7-8-10-12-17/h13-14,17H,4-12,15H2,1-3H3,(H,23,24). The molecule has 1 N–H and O–H groups in total. The third-order valence-electron chi connectivity index (χ3n) is 4.70. The molecule has 1 aromatic carbocycles. The van der Waals surface area contributed by atoms with Crippen LogP contribution in [0.25, 0.3) is 0 Å². The van der Waals surface area contributed by atoms with E-state index in [0.717, 1.165) is 25.7 Å². The van der Waals surface area contributed by atoms with E-state index in [1.165, 1.54) is 12.8 Å². The van der Waals surface area contributed by atoms with E-state index < -0.39 is 5.97 Å². The number of rotatable bonds is 10. The topological polar surface area (TPSA) is 83.1 Å². The summed E-state index contributed by atoms with van der Waals surface area (Å²) in [5, 5.41) is 2.97. The van der Waals surface area contributed by atoms with Crippen LogP contribution in [-0.2, 0) is 9.53 Å². The van der Waals surface area contributed by atoms with Gasteiger partial charge in [0.15, 0.2) is 18.1 Å². The molecule has 1 aliphatic carbocycles. The maximum absolute atomic E-state index is 12.5. The number of carbonyl (C=O) groups is 2. The maximum atomic E-state index is 12.5. The average Bonchev–Trinajstić information content (AvgIpc) is 2.97. The normalized spacial score (nSPS) is 14.6. The molecule has 1 fully saturated rings. The molecule has 0 atom stereocenters. The van der Waals surface area contributed by atoms with E-state index in [9.17, 15) is 9.59 Å². The zero-order valence-corrected chi connectivity index (χ0v) is 17.8. The van der Waals surface area contributed by atoms with E-state index >= 15 is 0 Å². The molecule has 1 saturated carbocycles. The summed E-state index contributed by atoms with van der Waals surface area (Å²) in [4.78, 5) is 24.7. The lowest BCUT2D eigenvalue weighted by molar-refractivity contribution is -0.125. The smallest absolute Gasteiger partial charge is 0.338 e. The van der Waals surface area contributed by atoms with Crippen molar-refractivity contribution in [3.63, 3.8) is 0 Å². The first kappa shape index (κ1) is 22.8. The second kappa shape index (κ2) is 12.2. The molecule has 0 saturated heterocycles. The van der Waals surface area contributed by atoms with E-state index in [0.29, 0.717) is 37.1 Å². The molecule has 0 aliphatic heterocycles. The second-order valence-electron chi connectivity index (χ2n) is 6.93. The lowest BCUT2D eigenvalue weighted by Crippen LogP contribution is -2.37. The lowest BCUT2D eigenvalue weighted by Gasteiger charge is -2.17. The van der Waals surface area contributed by atoms with Crippen molar-refractivity contribution in [2.45, 2.75) is 65.3 Å². The minimum atomic E-state index is -0.606. The Bertz CT molecular complexity index is 640. The van der Waals surface area contributed by atoms with Crippen molar-refractivity contribution >= 4 is 11.9 Å². The van der Waals surface area contributed by atoms with Crippen LogP contribution in [0.4, 0.5) is 0 Å². The highest BCUT2D eigenvalue weighted by Crippen LogP contribution is 2.39. The highest BCUT2D eigenvalue weighted by Gasteiger charge is 2.20. The van der Waals surface area contributed by atoms with Gasteiger partial charge in [-0.05, 0) is 45.7 Å². The first-order chi connectivity index (χ1) is 14.1. The lowest BCUT2D eigenvalue weighted by atomic mass is 10.1. The van der Waals surface area contributed by atoms with Gasteiger partial charge in [0.25, 0.3) is 5.91 Å². The Morgan fingerprint density at radius 3 is 1.97 bits per heavy atom. The van der Waals surface area contributed by atoms with Gasteiger partial charge in [-0.15, -0.1) is 0 Å². The third kappa shape index (κ3) is 7.15. The number of ether oxygens (including phenoxy) is 4. The molecule has 0 unspecified atom stereocenters. The molecule has 1 aromatic rings. The Labute approximate surface area is 173 Å². The Morgan fingerprint density at radius 2 is 1.45 bits per heavy atom. The fraction of sp³-hybridized carbons (Fsp3) is 0.636. The SMILES string of the molecule is CCOc1cc(C(=O)OCC(=O)NC2CCCCCC2)cc(OCC)c1OCC. The molecule has 0 spiro atoms. The number of esters is 1. The molecule has 162 valence electrons. The Kier molecular flexibility index (Phi) is 9.60. The van der Waals surface area contributed by atoms with Crippen LogP contribution in [0.5, 0.6) is 17.2 Å². The van der Waals surface area contributed by atoms with Gasteiger partial charge < -0.3 is 24.3 Å². The Morgan fingerprint density at radius 1 is 0.897 bits per heavy atom. The fourth-order valence-electron chi connectivity index (χ4n) is 3.41. The maximum Gasteiger partial charge on any atom is 0.338 e. The molecule has 7 nitrogen and oxygen atoms in total. The molecule has 0 heterocycles. The molecule has 29 heavy (non-hydrogen) atoms. The van der Waals surface area contributed by atoms with Gasteiger partial charge in [0.05, 0.1) is 25.4 Å². The van der Waals surface area contributed by atoms with Crippen LogP contribution in [0.3, 0.4) is 0 Å². The summed E-state index contributed by atoms with van der Waals surface area (Å²) >= 11 is 0. The third-order valence-corrected chi connectivity index (χ3v) is 4.70. The first-order valence-electron chi connectivity index (χ1n) is 10.6. The van der Waals surface area contributed by atoms with Gasteiger partial charge in [0.2, 0.25) is 5.75 Å². The van der Waals surface area contributed by atoms with Gasteiger partial charge in [-0.2, -0.15) is 0 Å². The molecule has 1 amide bonds. The van der Waals surface area contributed by atoms with Gasteiger partial charge in [-0.1, -0.05) is 25.7 Å². The van der Waals surface area contributed by atoms with Crippen LogP contribution in [0.1, 0.15) is 69.7 Å². The molecule has 0 bridgehead atoms. The van der Waals surface area contributed by atoms with Crippen LogP contribution in [-0.4, -0.2) is 44.3 Å². The van der Waals surface area contributed by atoms with E-state index in [1.54, 1.807) is 12.1 Å². The number of benzene rings is 1.